The van der Waals surface area contributed by atoms with Crippen molar-refractivity contribution < 1.29 is 24.0 Å². The fourth-order valence-corrected chi connectivity index (χ4v) is 4.73. The van der Waals surface area contributed by atoms with Crippen LogP contribution in [0.25, 0.3) is 0 Å². The predicted molar refractivity (Wildman–Crippen MR) is 127 cm³/mol. The minimum absolute atomic E-state index is 0.0253. The maximum Gasteiger partial charge on any atom is 0.528 e. The van der Waals surface area contributed by atoms with Crippen LogP contribution in [0, 0.1) is 0 Å². The van der Waals surface area contributed by atoms with Gasteiger partial charge in [0.1, 0.15) is 22.7 Å². The average Bonchev–Trinajstić information content (AvgIpc) is 3.18. The number of rotatable bonds is 3. The highest BCUT2D eigenvalue weighted by Crippen LogP contribution is 2.35. The van der Waals surface area contributed by atoms with Gasteiger partial charge in [-0.25, -0.2) is 9.78 Å². The fourth-order valence-electron chi connectivity index (χ4n) is 4.49. The molecule has 4 heterocycles. The minimum atomic E-state index is -0.719. The van der Waals surface area contributed by atoms with E-state index in [0.29, 0.717) is 62.7 Å². The number of carbonyl (C=O) groups excluding carboxylic acids is 2. The van der Waals surface area contributed by atoms with E-state index < -0.39 is 17.4 Å². The van der Waals surface area contributed by atoms with E-state index in [0.717, 1.165) is 5.82 Å². The van der Waals surface area contributed by atoms with Crippen LogP contribution in [0.1, 0.15) is 47.0 Å². The van der Waals surface area contributed by atoms with Gasteiger partial charge >= 0.3 is 6.16 Å². The number of pyridine rings is 1. The Kier molecular flexibility index (Phi) is 6.91. The fraction of sp³-hybridized carbons (Fsp3) is 0.652. The van der Waals surface area contributed by atoms with E-state index in [-0.39, 0.29) is 11.9 Å². The van der Waals surface area contributed by atoms with Crippen molar-refractivity contribution in [1.29, 1.82) is 0 Å². The molecule has 1 spiro atoms. The zero-order valence-electron chi connectivity index (χ0n) is 20.1. The van der Waals surface area contributed by atoms with Gasteiger partial charge in [0, 0.05) is 64.2 Å². The second-order valence-corrected chi connectivity index (χ2v) is 10.5. The number of hydrogen-bond acceptors (Lipinski definition) is 9. The molecule has 1 aromatic heterocycles. The summed E-state index contributed by atoms with van der Waals surface area (Å²) >= 11 is 6.30. The van der Waals surface area contributed by atoms with Crippen LogP contribution in [0.2, 0.25) is 5.02 Å². The van der Waals surface area contributed by atoms with Gasteiger partial charge in [0.2, 0.25) is 0 Å². The minimum Gasteiger partial charge on any atom is -0.427 e. The van der Waals surface area contributed by atoms with Crippen molar-refractivity contribution in [3.05, 3.63) is 23.4 Å². The number of oxime groups is 1. The largest absolute Gasteiger partial charge is 0.528 e. The highest BCUT2D eigenvalue weighted by atomic mass is 35.5. The van der Waals surface area contributed by atoms with E-state index >= 15 is 0 Å². The lowest BCUT2D eigenvalue weighted by Gasteiger charge is -2.40. The third-order valence-electron chi connectivity index (χ3n) is 6.24. The summed E-state index contributed by atoms with van der Waals surface area (Å²) < 4.78 is 5.20. The van der Waals surface area contributed by atoms with Crippen LogP contribution in [-0.4, -0.2) is 82.7 Å². The summed E-state index contributed by atoms with van der Waals surface area (Å²) in [5, 5.41) is 6.35. The molecule has 2 saturated heterocycles. The Morgan fingerprint density at radius 2 is 1.94 bits per heavy atom. The van der Waals surface area contributed by atoms with E-state index in [9.17, 15) is 9.59 Å². The van der Waals surface area contributed by atoms with Crippen molar-refractivity contribution in [2.45, 2.75) is 64.2 Å². The molecule has 0 saturated carbocycles. The zero-order valence-corrected chi connectivity index (χ0v) is 20.9. The van der Waals surface area contributed by atoms with Crippen molar-refractivity contribution in [1.82, 2.24) is 14.9 Å². The quantitative estimate of drug-likeness (QED) is 0.592. The van der Waals surface area contributed by atoms with Crippen LogP contribution in [0.5, 0.6) is 0 Å². The number of amides is 1. The molecule has 1 unspecified atom stereocenters. The molecule has 1 amide bonds. The smallest absolute Gasteiger partial charge is 0.427 e. The molecule has 3 aliphatic rings. The lowest BCUT2D eigenvalue weighted by atomic mass is 9.87. The summed E-state index contributed by atoms with van der Waals surface area (Å²) in [5.41, 5.74) is -0.707. The Hall–Kier alpha value is -2.59. The number of aromatic nitrogens is 1. The molecule has 34 heavy (non-hydrogen) atoms. The van der Waals surface area contributed by atoms with Crippen LogP contribution >= 0.6 is 11.6 Å². The third kappa shape index (κ3) is 5.55. The first-order valence-electron chi connectivity index (χ1n) is 11.6. The number of ether oxygens (including phenoxy) is 1. The van der Waals surface area contributed by atoms with E-state index in [1.807, 2.05) is 17.9 Å². The molecule has 0 N–H and O–H groups in total. The maximum atomic E-state index is 13.2. The Morgan fingerprint density at radius 1 is 1.21 bits per heavy atom. The molecule has 2 fully saturated rings. The second-order valence-electron chi connectivity index (χ2n) is 10.1. The van der Waals surface area contributed by atoms with Crippen LogP contribution in [-0.2, 0) is 19.2 Å². The Morgan fingerprint density at radius 3 is 2.59 bits per heavy atom. The number of nitrogens with zero attached hydrogens (tertiary/aromatic N) is 5. The lowest BCUT2D eigenvalue weighted by molar-refractivity contribution is -0.180. The van der Waals surface area contributed by atoms with Crippen molar-refractivity contribution in [2.24, 2.45) is 5.16 Å². The normalized spacial score (nSPS) is 22.9. The molecule has 11 heteroatoms. The van der Waals surface area contributed by atoms with Crippen LogP contribution in [0.15, 0.2) is 23.5 Å². The summed E-state index contributed by atoms with van der Waals surface area (Å²) in [5.74, 6) is 0.646. The van der Waals surface area contributed by atoms with Crippen molar-refractivity contribution >= 4 is 35.2 Å². The van der Waals surface area contributed by atoms with Crippen molar-refractivity contribution in [3.63, 3.8) is 0 Å². The first-order chi connectivity index (χ1) is 16.1. The highest BCUT2D eigenvalue weighted by Gasteiger charge is 2.46. The molecule has 1 aromatic rings. The number of piperazine rings is 1. The predicted octanol–water partition coefficient (Wildman–Crippen LogP) is 3.25. The van der Waals surface area contributed by atoms with Gasteiger partial charge in [0.15, 0.2) is 0 Å². The molecule has 3 aliphatic heterocycles. The van der Waals surface area contributed by atoms with Gasteiger partial charge in [0.25, 0.3) is 5.91 Å². The Labute approximate surface area is 204 Å². The molecule has 0 radical (unpaired) electrons. The van der Waals surface area contributed by atoms with E-state index in [4.69, 9.17) is 26.0 Å². The van der Waals surface area contributed by atoms with E-state index in [1.54, 1.807) is 38.1 Å². The molecule has 186 valence electrons. The Balaban J connectivity index is 1.28. The lowest BCUT2D eigenvalue weighted by Crippen LogP contribution is -2.56. The van der Waals surface area contributed by atoms with Gasteiger partial charge in [-0.1, -0.05) is 16.8 Å². The number of hydrogen-bond donors (Lipinski definition) is 0. The summed E-state index contributed by atoms with van der Waals surface area (Å²) in [6, 6.07) is 3.60. The summed E-state index contributed by atoms with van der Waals surface area (Å²) in [4.78, 5) is 44.6. The number of piperidine rings is 1. The molecule has 0 aromatic carbocycles. The van der Waals surface area contributed by atoms with Gasteiger partial charge in [-0.15, -0.1) is 5.06 Å². The molecule has 0 bridgehead atoms. The molecular formula is C23H32ClN5O5. The molecule has 0 aliphatic carbocycles. The highest BCUT2D eigenvalue weighted by molar-refractivity contribution is 6.39. The summed E-state index contributed by atoms with van der Waals surface area (Å²) in [7, 11) is 0. The Bertz CT molecular complexity index is 957. The topological polar surface area (TPSA) is 96.8 Å². The van der Waals surface area contributed by atoms with Gasteiger partial charge in [-0.05, 0) is 39.8 Å². The molecule has 1 atom stereocenters. The monoisotopic (exact) mass is 493 g/mol. The maximum absolute atomic E-state index is 13.2. The van der Waals surface area contributed by atoms with Crippen LogP contribution < -0.4 is 4.90 Å². The van der Waals surface area contributed by atoms with Gasteiger partial charge in [-0.2, -0.15) is 0 Å². The first-order valence-corrected chi connectivity index (χ1v) is 12.0. The molecule has 4 rings (SSSR count). The summed E-state index contributed by atoms with van der Waals surface area (Å²) in [6.07, 6.45) is 2.64. The number of carbonyl (C=O) groups is 2. The second kappa shape index (κ2) is 9.58. The number of hydroxylamine groups is 2. The van der Waals surface area contributed by atoms with Crippen LogP contribution in [0.3, 0.4) is 0 Å². The average molecular weight is 494 g/mol. The SMILES string of the molecule is CC1CN(c2ncccc2Cl)CCN1C(=O)C1=NOC2(CCN(OC(=O)OC(C)(C)C)CC2)C1. The van der Waals surface area contributed by atoms with Crippen molar-refractivity contribution in [3.8, 4) is 0 Å². The van der Waals surface area contributed by atoms with E-state index in [2.05, 4.69) is 15.0 Å². The number of halogens is 1. The van der Waals surface area contributed by atoms with Crippen molar-refractivity contribution in [2.75, 3.05) is 37.6 Å². The zero-order chi connectivity index (χ0) is 24.5. The van der Waals surface area contributed by atoms with Gasteiger partial charge in [0.05, 0.1) is 5.02 Å². The number of anilines is 1. The summed E-state index contributed by atoms with van der Waals surface area (Å²) in [6.45, 7) is 10.2. The van der Waals surface area contributed by atoms with Crippen LogP contribution in [0.4, 0.5) is 10.6 Å². The van der Waals surface area contributed by atoms with Gasteiger partial charge in [-0.3, -0.25) is 4.79 Å². The van der Waals surface area contributed by atoms with Gasteiger partial charge < -0.3 is 24.2 Å². The first kappa shape index (κ1) is 24.5. The van der Waals surface area contributed by atoms with E-state index in [1.165, 1.54) is 0 Å². The third-order valence-corrected chi connectivity index (χ3v) is 6.53. The standard InChI is InChI=1S/C23H32ClN5O5/c1-16-15-27(19-17(24)6-5-9-25-19)12-13-29(16)20(30)18-14-23(34-26-18)7-10-28(11-8-23)33-21(31)32-22(2,3)4/h5-6,9,16H,7-8,10-15H2,1-4H3. The molecular weight excluding hydrogens is 462 g/mol. The molecule has 10 nitrogen and oxygen atoms in total.